The Hall–Kier alpha value is -1.13. The van der Waals surface area contributed by atoms with Crippen molar-refractivity contribution in [1.82, 2.24) is 0 Å². The number of carboxylic acid groups (broad SMARTS) is 1. The predicted molar refractivity (Wildman–Crippen MR) is 51.2 cm³/mol. The van der Waals surface area contributed by atoms with Crippen LogP contribution in [-0.2, 0) is 0 Å². The van der Waals surface area contributed by atoms with Crippen LogP contribution in [-0.4, -0.2) is 21.2 Å². The standard InChI is InChI=1S/C8H6Cl2O4/c9-8(10)14-6-3-4(7(12)13)1-2-5(6)11/h1-3,8,11H,(H,12,13). The van der Waals surface area contributed by atoms with E-state index in [0.717, 1.165) is 6.07 Å². The summed E-state index contributed by atoms with van der Waals surface area (Å²) < 4.78 is 4.75. The largest absolute Gasteiger partial charge is 0.504 e. The number of benzene rings is 1. The molecule has 0 aliphatic rings. The molecule has 0 saturated carbocycles. The molecule has 0 aliphatic carbocycles. The number of rotatable bonds is 3. The molecular formula is C8H6Cl2O4. The van der Waals surface area contributed by atoms with Crippen LogP contribution < -0.4 is 4.74 Å². The average molecular weight is 237 g/mol. The second-order valence-electron chi connectivity index (χ2n) is 2.37. The van der Waals surface area contributed by atoms with Gasteiger partial charge in [0.15, 0.2) is 11.5 Å². The maximum absolute atomic E-state index is 10.5. The van der Waals surface area contributed by atoms with Crippen LogP contribution in [0.15, 0.2) is 18.2 Å². The molecule has 0 radical (unpaired) electrons. The van der Waals surface area contributed by atoms with E-state index >= 15 is 0 Å². The molecule has 1 aromatic carbocycles. The van der Waals surface area contributed by atoms with Crippen LogP contribution in [0.5, 0.6) is 11.5 Å². The Labute approximate surface area is 89.6 Å². The summed E-state index contributed by atoms with van der Waals surface area (Å²) in [6, 6.07) is 3.56. The third-order valence-corrected chi connectivity index (χ3v) is 1.60. The molecule has 76 valence electrons. The van der Waals surface area contributed by atoms with Crippen molar-refractivity contribution in [2.45, 2.75) is 5.02 Å². The number of alkyl halides is 2. The highest BCUT2D eigenvalue weighted by Crippen LogP contribution is 2.29. The van der Waals surface area contributed by atoms with Crippen molar-refractivity contribution in [2.75, 3.05) is 0 Å². The molecule has 0 unspecified atom stereocenters. The molecule has 1 aromatic rings. The monoisotopic (exact) mass is 236 g/mol. The molecule has 0 bridgehead atoms. The van der Waals surface area contributed by atoms with Crippen molar-refractivity contribution in [3.05, 3.63) is 23.8 Å². The highest BCUT2D eigenvalue weighted by atomic mass is 35.5. The van der Waals surface area contributed by atoms with Gasteiger partial charge in [0.2, 0.25) is 5.02 Å². The summed E-state index contributed by atoms with van der Waals surface area (Å²) in [6.07, 6.45) is 0. The van der Waals surface area contributed by atoms with E-state index in [-0.39, 0.29) is 17.1 Å². The SMILES string of the molecule is O=C(O)c1ccc(O)c(OC(Cl)Cl)c1. The number of ether oxygens (including phenoxy) is 1. The van der Waals surface area contributed by atoms with Gasteiger partial charge in [-0.3, -0.25) is 0 Å². The number of carboxylic acids is 1. The first-order valence-corrected chi connectivity index (χ1v) is 4.39. The molecule has 6 heteroatoms. The Bertz CT molecular complexity index is 351. The molecule has 2 N–H and O–H groups in total. The van der Waals surface area contributed by atoms with Gasteiger partial charge in [-0.25, -0.2) is 4.79 Å². The van der Waals surface area contributed by atoms with Gasteiger partial charge in [-0.2, -0.15) is 0 Å². The summed E-state index contributed by atoms with van der Waals surface area (Å²) in [5.74, 6) is -1.42. The predicted octanol–water partition coefficient (Wildman–Crippen LogP) is 2.23. The van der Waals surface area contributed by atoms with Crippen molar-refractivity contribution in [3.8, 4) is 11.5 Å². The van der Waals surface area contributed by atoms with Gasteiger partial charge < -0.3 is 14.9 Å². The molecule has 0 aliphatic heterocycles. The number of carbonyl (C=O) groups is 1. The topological polar surface area (TPSA) is 66.8 Å². The summed E-state index contributed by atoms with van der Waals surface area (Å²) in [7, 11) is 0. The second kappa shape index (κ2) is 4.39. The number of aromatic carboxylic acids is 1. The van der Waals surface area contributed by atoms with Gasteiger partial charge in [0, 0.05) is 0 Å². The number of phenols is 1. The minimum Gasteiger partial charge on any atom is -0.504 e. The van der Waals surface area contributed by atoms with Crippen molar-refractivity contribution < 1.29 is 19.7 Å². The van der Waals surface area contributed by atoms with Crippen LogP contribution in [0.25, 0.3) is 0 Å². The van der Waals surface area contributed by atoms with Crippen LogP contribution in [0.3, 0.4) is 0 Å². The minimum absolute atomic E-state index is 0.0215. The van der Waals surface area contributed by atoms with E-state index in [9.17, 15) is 9.90 Å². The Kier molecular flexibility index (Phi) is 3.43. The first-order chi connectivity index (χ1) is 6.50. The summed E-state index contributed by atoms with van der Waals surface area (Å²) in [5.41, 5.74) is -0.0215. The fourth-order valence-electron chi connectivity index (χ4n) is 0.838. The first kappa shape index (κ1) is 10.9. The van der Waals surface area contributed by atoms with Gasteiger partial charge in [-0.15, -0.1) is 0 Å². The van der Waals surface area contributed by atoms with E-state index in [1.165, 1.54) is 12.1 Å². The number of halogens is 2. The van der Waals surface area contributed by atoms with Crippen LogP contribution >= 0.6 is 23.2 Å². The van der Waals surface area contributed by atoms with Gasteiger partial charge in [-0.05, 0) is 18.2 Å². The smallest absolute Gasteiger partial charge is 0.335 e. The number of aromatic hydroxyl groups is 1. The molecular weight excluding hydrogens is 231 g/mol. The molecule has 0 aromatic heterocycles. The zero-order valence-corrected chi connectivity index (χ0v) is 8.29. The number of hydrogen-bond acceptors (Lipinski definition) is 3. The van der Waals surface area contributed by atoms with Crippen molar-refractivity contribution in [3.63, 3.8) is 0 Å². The summed E-state index contributed by atoms with van der Waals surface area (Å²) in [5, 5.41) is 16.7. The fourth-order valence-corrected chi connectivity index (χ4v) is 1.03. The van der Waals surface area contributed by atoms with E-state index in [1.54, 1.807) is 0 Å². The van der Waals surface area contributed by atoms with Crippen LogP contribution in [0.1, 0.15) is 10.4 Å². The third kappa shape index (κ3) is 2.68. The maximum Gasteiger partial charge on any atom is 0.335 e. The van der Waals surface area contributed by atoms with E-state index in [4.69, 9.17) is 33.0 Å². The van der Waals surface area contributed by atoms with Gasteiger partial charge in [-0.1, -0.05) is 23.2 Å². The van der Waals surface area contributed by atoms with E-state index in [1.807, 2.05) is 0 Å². The van der Waals surface area contributed by atoms with Gasteiger partial charge in [0.1, 0.15) is 0 Å². The van der Waals surface area contributed by atoms with Crippen molar-refractivity contribution >= 4 is 29.2 Å². The van der Waals surface area contributed by atoms with E-state index < -0.39 is 11.0 Å². The van der Waals surface area contributed by atoms with Crippen LogP contribution in [0, 0.1) is 0 Å². The quantitative estimate of drug-likeness (QED) is 0.791. The van der Waals surface area contributed by atoms with Gasteiger partial charge in [0.25, 0.3) is 0 Å². The lowest BCUT2D eigenvalue weighted by Gasteiger charge is -2.08. The normalized spacial score (nSPS) is 10.2. The molecule has 4 nitrogen and oxygen atoms in total. The number of phenolic OH excluding ortho intramolecular Hbond substituents is 1. The molecule has 0 atom stereocenters. The Morgan fingerprint density at radius 2 is 2.07 bits per heavy atom. The van der Waals surface area contributed by atoms with Gasteiger partial charge in [0.05, 0.1) is 5.56 Å². The summed E-state index contributed by atoms with van der Waals surface area (Å²) >= 11 is 10.6. The molecule has 0 saturated heterocycles. The molecule has 0 spiro atoms. The zero-order valence-electron chi connectivity index (χ0n) is 6.78. The minimum atomic E-state index is -1.16. The first-order valence-electron chi connectivity index (χ1n) is 3.52. The van der Waals surface area contributed by atoms with E-state index in [2.05, 4.69) is 0 Å². The van der Waals surface area contributed by atoms with Crippen LogP contribution in [0.2, 0.25) is 0 Å². The lowest BCUT2D eigenvalue weighted by Crippen LogP contribution is -2.02. The Morgan fingerprint density at radius 1 is 1.43 bits per heavy atom. The zero-order chi connectivity index (χ0) is 10.7. The van der Waals surface area contributed by atoms with Crippen LogP contribution in [0.4, 0.5) is 0 Å². The molecule has 0 fully saturated rings. The highest BCUT2D eigenvalue weighted by molar-refractivity contribution is 6.43. The van der Waals surface area contributed by atoms with Crippen molar-refractivity contribution in [2.24, 2.45) is 0 Å². The molecule has 14 heavy (non-hydrogen) atoms. The third-order valence-electron chi connectivity index (χ3n) is 1.42. The van der Waals surface area contributed by atoms with Crippen molar-refractivity contribution in [1.29, 1.82) is 0 Å². The Balaban J connectivity index is 3.02. The van der Waals surface area contributed by atoms with Gasteiger partial charge >= 0.3 is 5.97 Å². The summed E-state index contributed by atoms with van der Waals surface area (Å²) in [6.45, 7) is 0. The lowest BCUT2D eigenvalue weighted by atomic mass is 10.2. The fraction of sp³-hybridized carbons (Fsp3) is 0.125. The summed E-state index contributed by atoms with van der Waals surface area (Å²) in [4.78, 5) is 10.5. The molecule has 0 amide bonds. The highest BCUT2D eigenvalue weighted by Gasteiger charge is 2.10. The lowest BCUT2D eigenvalue weighted by molar-refractivity contribution is 0.0696. The molecule has 0 heterocycles. The number of hydrogen-bond donors (Lipinski definition) is 2. The average Bonchev–Trinajstić information content (AvgIpc) is 2.07. The Morgan fingerprint density at radius 3 is 2.57 bits per heavy atom. The molecule has 1 rings (SSSR count). The maximum atomic E-state index is 10.5. The second-order valence-corrected chi connectivity index (χ2v) is 3.38. The van der Waals surface area contributed by atoms with E-state index in [0.29, 0.717) is 0 Å².